The zero-order valence-corrected chi connectivity index (χ0v) is 13.0. The number of rotatable bonds is 4. The maximum atomic E-state index is 13.4. The average molecular weight is 319 g/mol. The molecule has 0 atom stereocenters. The van der Waals surface area contributed by atoms with Gasteiger partial charge in [0.05, 0.1) is 4.88 Å². The molecule has 22 heavy (non-hydrogen) atoms. The molecule has 116 valence electrons. The van der Waals surface area contributed by atoms with Crippen LogP contribution >= 0.6 is 11.3 Å². The maximum absolute atomic E-state index is 13.4. The Morgan fingerprint density at radius 2 is 2.27 bits per heavy atom. The van der Waals surface area contributed by atoms with Gasteiger partial charge in [-0.25, -0.2) is 4.39 Å². The molecular weight excluding hydrogens is 301 g/mol. The van der Waals surface area contributed by atoms with Crippen LogP contribution < -0.4 is 5.56 Å². The Morgan fingerprint density at radius 1 is 1.45 bits per heavy atom. The Bertz CT molecular complexity index is 701. The van der Waals surface area contributed by atoms with Gasteiger partial charge in [-0.3, -0.25) is 14.7 Å². The molecule has 1 aliphatic rings. The highest BCUT2D eigenvalue weighted by molar-refractivity contribution is 7.10. The van der Waals surface area contributed by atoms with Crippen LogP contribution in [0, 0.1) is 11.7 Å². The van der Waals surface area contributed by atoms with Crippen molar-refractivity contribution in [2.75, 3.05) is 13.1 Å². The SMILES string of the molecule is O=c1[nH]ccnc1CN1CCC(C=Cc2sccc2F)CC1. The number of aromatic amines is 1. The van der Waals surface area contributed by atoms with E-state index in [9.17, 15) is 9.18 Å². The fraction of sp³-hybridized carbons (Fsp3) is 0.375. The summed E-state index contributed by atoms with van der Waals surface area (Å²) in [6.45, 7) is 2.45. The molecule has 1 saturated heterocycles. The molecule has 0 unspecified atom stereocenters. The Balaban J connectivity index is 1.52. The Hall–Kier alpha value is -1.79. The highest BCUT2D eigenvalue weighted by Crippen LogP contribution is 2.22. The predicted octanol–water partition coefficient (Wildman–Crippen LogP) is 2.90. The number of halogens is 1. The minimum atomic E-state index is -0.145. The molecule has 1 aliphatic heterocycles. The van der Waals surface area contributed by atoms with Gasteiger partial charge in [0.25, 0.3) is 5.56 Å². The van der Waals surface area contributed by atoms with Crippen LogP contribution in [0.1, 0.15) is 23.4 Å². The number of nitrogens with zero attached hydrogens (tertiary/aromatic N) is 2. The van der Waals surface area contributed by atoms with E-state index in [0.717, 1.165) is 25.9 Å². The summed E-state index contributed by atoms with van der Waals surface area (Å²) in [7, 11) is 0. The fourth-order valence-corrected chi connectivity index (χ4v) is 3.33. The molecule has 0 aromatic carbocycles. The molecule has 2 aromatic heterocycles. The summed E-state index contributed by atoms with van der Waals surface area (Å²) in [5.41, 5.74) is 0.454. The second kappa shape index (κ2) is 6.98. The number of likely N-dealkylation sites (tertiary alicyclic amines) is 1. The lowest BCUT2D eigenvalue weighted by Crippen LogP contribution is -2.34. The summed E-state index contributed by atoms with van der Waals surface area (Å²) >= 11 is 1.42. The lowest BCUT2D eigenvalue weighted by Gasteiger charge is -2.30. The van der Waals surface area contributed by atoms with Crippen molar-refractivity contribution in [2.24, 2.45) is 5.92 Å². The maximum Gasteiger partial charge on any atom is 0.270 e. The van der Waals surface area contributed by atoms with Gasteiger partial charge >= 0.3 is 0 Å². The lowest BCUT2D eigenvalue weighted by atomic mass is 9.96. The summed E-state index contributed by atoms with van der Waals surface area (Å²) in [6.07, 6.45) is 9.21. The molecule has 0 saturated carbocycles. The van der Waals surface area contributed by atoms with E-state index < -0.39 is 0 Å². The van der Waals surface area contributed by atoms with Gasteiger partial charge in [-0.1, -0.05) is 6.08 Å². The van der Waals surface area contributed by atoms with Crippen molar-refractivity contribution in [3.63, 3.8) is 0 Å². The second-order valence-electron chi connectivity index (χ2n) is 5.47. The fourth-order valence-electron chi connectivity index (χ4n) is 2.66. The molecule has 0 bridgehead atoms. The van der Waals surface area contributed by atoms with Crippen LogP contribution in [0.25, 0.3) is 6.08 Å². The number of H-pyrrole nitrogens is 1. The highest BCUT2D eigenvalue weighted by Gasteiger charge is 2.18. The standard InChI is InChI=1S/C16H18FN3OS/c17-13-5-10-22-15(13)2-1-12-3-8-20(9-4-12)11-14-16(21)19-7-6-18-14/h1-2,5-7,10,12H,3-4,8-9,11H2,(H,19,21). The number of aromatic nitrogens is 2. The van der Waals surface area contributed by atoms with Crippen LogP contribution in [0.15, 0.2) is 34.7 Å². The quantitative estimate of drug-likeness (QED) is 0.943. The molecule has 1 N–H and O–H groups in total. The average Bonchev–Trinajstić information content (AvgIpc) is 2.94. The lowest BCUT2D eigenvalue weighted by molar-refractivity contribution is 0.193. The van der Waals surface area contributed by atoms with E-state index in [2.05, 4.69) is 20.9 Å². The van der Waals surface area contributed by atoms with Gasteiger partial charge in [-0.05, 0) is 49.4 Å². The third-order valence-electron chi connectivity index (χ3n) is 3.95. The first-order chi connectivity index (χ1) is 10.7. The van der Waals surface area contributed by atoms with Crippen LogP contribution in [-0.4, -0.2) is 28.0 Å². The van der Waals surface area contributed by atoms with Gasteiger partial charge in [0.2, 0.25) is 0 Å². The smallest absolute Gasteiger partial charge is 0.270 e. The Labute approximate surface area is 132 Å². The van der Waals surface area contributed by atoms with Gasteiger partial charge in [0, 0.05) is 18.9 Å². The van der Waals surface area contributed by atoms with Crippen LogP contribution in [0.2, 0.25) is 0 Å². The van der Waals surface area contributed by atoms with Crippen molar-refractivity contribution in [1.29, 1.82) is 0 Å². The Kier molecular flexibility index (Phi) is 4.80. The first-order valence-corrected chi connectivity index (χ1v) is 8.26. The summed E-state index contributed by atoms with van der Waals surface area (Å²) < 4.78 is 13.4. The number of piperidine rings is 1. The summed E-state index contributed by atoms with van der Waals surface area (Å²) in [6, 6.07) is 1.50. The molecule has 6 heteroatoms. The van der Waals surface area contributed by atoms with Crippen molar-refractivity contribution in [3.8, 4) is 0 Å². The molecule has 0 spiro atoms. The van der Waals surface area contributed by atoms with Crippen LogP contribution in [-0.2, 0) is 6.54 Å². The first-order valence-electron chi connectivity index (χ1n) is 7.38. The molecule has 0 amide bonds. The first kappa shape index (κ1) is 15.1. The van der Waals surface area contributed by atoms with Gasteiger partial charge in [-0.2, -0.15) is 0 Å². The monoisotopic (exact) mass is 319 g/mol. The molecule has 3 heterocycles. The zero-order chi connectivity index (χ0) is 15.4. The highest BCUT2D eigenvalue weighted by atomic mass is 32.1. The zero-order valence-electron chi connectivity index (χ0n) is 12.2. The van der Waals surface area contributed by atoms with Crippen molar-refractivity contribution >= 4 is 17.4 Å². The molecule has 1 fully saturated rings. The molecule has 4 nitrogen and oxygen atoms in total. The van der Waals surface area contributed by atoms with Crippen molar-refractivity contribution in [2.45, 2.75) is 19.4 Å². The normalized spacial score (nSPS) is 17.3. The summed E-state index contributed by atoms with van der Waals surface area (Å²) in [5.74, 6) is 0.327. The van der Waals surface area contributed by atoms with Crippen LogP contribution in [0.5, 0.6) is 0 Å². The minimum absolute atomic E-state index is 0.113. The summed E-state index contributed by atoms with van der Waals surface area (Å²) in [5, 5.41) is 1.77. The third kappa shape index (κ3) is 3.69. The van der Waals surface area contributed by atoms with E-state index in [1.807, 2.05) is 6.08 Å². The van der Waals surface area contributed by atoms with Gasteiger partial charge in [0.1, 0.15) is 11.5 Å². The van der Waals surface area contributed by atoms with E-state index >= 15 is 0 Å². The number of hydrogen-bond acceptors (Lipinski definition) is 4. The van der Waals surface area contributed by atoms with Crippen LogP contribution in [0.3, 0.4) is 0 Å². The Morgan fingerprint density at radius 3 is 2.95 bits per heavy atom. The second-order valence-corrected chi connectivity index (χ2v) is 6.42. The molecule has 3 rings (SSSR count). The largest absolute Gasteiger partial charge is 0.326 e. The number of hydrogen-bond donors (Lipinski definition) is 1. The molecule has 0 aliphatic carbocycles. The van der Waals surface area contributed by atoms with Gasteiger partial charge < -0.3 is 4.98 Å². The predicted molar refractivity (Wildman–Crippen MR) is 86.2 cm³/mol. The number of allylic oxidation sites excluding steroid dienone is 1. The number of nitrogens with one attached hydrogen (secondary N) is 1. The van der Waals surface area contributed by atoms with E-state index in [0.29, 0.717) is 23.0 Å². The van der Waals surface area contributed by atoms with E-state index in [4.69, 9.17) is 0 Å². The van der Waals surface area contributed by atoms with Gasteiger partial charge in [-0.15, -0.1) is 11.3 Å². The minimum Gasteiger partial charge on any atom is -0.326 e. The van der Waals surface area contributed by atoms with Gasteiger partial charge in [0.15, 0.2) is 0 Å². The van der Waals surface area contributed by atoms with Crippen molar-refractivity contribution in [1.82, 2.24) is 14.9 Å². The van der Waals surface area contributed by atoms with Crippen LogP contribution in [0.4, 0.5) is 4.39 Å². The summed E-state index contributed by atoms with van der Waals surface area (Å²) in [4.78, 5) is 21.4. The van der Waals surface area contributed by atoms with Crippen molar-refractivity contribution in [3.05, 3.63) is 56.7 Å². The van der Waals surface area contributed by atoms with E-state index in [1.54, 1.807) is 17.8 Å². The van der Waals surface area contributed by atoms with E-state index in [-0.39, 0.29) is 11.4 Å². The van der Waals surface area contributed by atoms with E-state index in [1.165, 1.54) is 17.4 Å². The third-order valence-corrected chi connectivity index (χ3v) is 4.81. The molecule has 2 aromatic rings. The molecular formula is C16H18FN3OS. The van der Waals surface area contributed by atoms with Crippen molar-refractivity contribution < 1.29 is 4.39 Å². The topological polar surface area (TPSA) is 49.0 Å². The number of thiophene rings is 1. The molecule has 0 radical (unpaired) electrons.